The second kappa shape index (κ2) is 10.9. The fourth-order valence-electron chi connectivity index (χ4n) is 0.341. The molecule has 0 aromatic rings. The Hall–Kier alpha value is 0.380. The minimum absolute atomic E-state index is 0.0918. The SMILES string of the molecule is CC(C)(CO)C(Br)OBr.OC=CCCO. The van der Waals surface area contributed by atoms with Crippen LogP contribution in [0.15, 0.2) is 12.3 Å². The summed E-state index contributed by atoms with van der Waals surface area (Å²) in [5.74, 6) is 0. The number of aliphatic hydroxyl groups is 3. The minimum Gasteiger partial charge on any atom is -0.516 e. The Labute approximate surface area is 108 Å². The van der Waals surface area contributed by atoms with E-state index in [9.17, 15) is 0 Å². The lowest BCUT2D eigenvalue weighted by molar-refractivity contribution is 0.0973. The maximum atomic E-state index is 8.76. The first kappa shape index (κ1) is 17.8. The summed E-state index contributed by atoms with van der Waals surface area (Å²) in [5.41, 5.74) is -0.247. The van der Waals surface area contributed by atoms with Gasteiger partial charge in [0, 0.05) is 12.0 Å². The van der Waals surface area contributed by atoms with Gasteiger partial charge in [0.15, 0.2) is 0 Å². The summed E-state index contributed by atoms with van der Waals surface area (Å²) in [6.07, 6.45) is 2.95. The zero-order valence-electron chi connectivity index (χ0n) is 8.86. The third-order valence-electron chi connectivity index (χ3n) is 1.50. The summed E-state index contributed by atoms with van der Waals surface area (Å²) >= 11 is 6.06. The largest absolute Gasteiger partial charge is 0.516 e. The van der Waals surface area contributed by atoms with E-state index in [-0.39, 0.29) is 23.6 Å². The summed E-state index contributed by atoms with van der Waals surface area (Å²) in [4.78, 5) is 0. The van der Waals surface area contributed by atoms with Gasteiger partial charge in [-0.05, 0) is 12.5 Å². The third-order valence-corrected chi connectivity index (χ3v) is 3.80. The zero-order chi connectivity index (χ0) is 12.3. The molecule has 1 unspecified atom stereocenters. The van der Waals surface area contributed by atoms with Gasteiger partial charge in [-0.25, -0.2) is 0 Å². The molecule has 1 atom stereocenters. The smallest absolute Gasteiger partial charge is 0.134 e. The van der Waals surface area contributed by atoms with Gasteiger partial charge in [-0.15, -0.1) is 0 Å². The Bertz CT molecular complexity index is 162. The fourth-order valence-corrected chi connectivity index (χ4v) is 0.992. The summed E-state index contributed by atoms with van der Waals surface area (Å²) in [7, 11) is 0. The standard InChI is InChI=1S/C5H10Br2O2.C4H8O2/c1-5(2,3-8)4(6)9-7;5-3-1-2-4-6/h4,8H,3H2,1-2H3;1,3,5-6H,2,4H2. The Morgan fingerprint density at radius 3 is 2.07 bits per heavy atom. The van der Waals surface area contributed by atoms with E-state index in [1.165, 1.54) is 6.08 Å². The van der Waals surface area contributed by atoms with Crippen LogP contribution in [-0.4, -0.2) is 33.5 Å². The number of aliphatic hydroxyl groups excluding tert-OH is 3. The Morgan fingerprint density at radius 1 is 1.40 bits per heavy atom. The van der Waals surface area contributed by atoms with Crippen molar-refractivity contribution in [2.24, 2.45) is 5.41 Å². The average Bonchev–Trinajstić information content (AvgIpc) is 2.25. The molecular formula is C9H18Br2O4. The van der Waals surface area contributed by atoms with Crippen LogP contribution in [0.5, 0.6) is 0 Å². The van der Waals surface area contributed by atoms with Crippen molar-refractivity contribution < 1.29 is 19.1 Å². The van der Waals surface area contributed by atoms with E-state index in [4.69, 9.17) is 19.1 Å². The van der Waals surface area contributed by atoms with Crippen LogP contribution in [0, 0.1) is 5.41 Å². The molecule has 0 saturated carbocycles. The molecule has 0 spiro atoms. The van der Waals surface area contributed by atoms with Crippen molar-refractivity contribution in [2.45, 2.75) is 25.3 Å². The summed E-state index contributed by atoms with van der Waals surface area (Å²) in [5, 5.41) is 24.5. The topological polar surface area (TPSA) is 69.9 Å². The van der Waals surface area contributed by atoms with Gasteiger partial charge in [-0.1, -0.05) is 29.8 Å². The molecule has 0 heterocycles. The van der Waals surface area contributed by atoms with Gasteiger partial charge >= 0.3 is 0 Å². The van der Waals surface area contributed by atoms with Crippen molar-refractivity contribution in [1.82, 2.24) is 0 Å². The molecule has 0 aliphatic rings. The number of rotatable bonds is 5. The predicted molar refractivity (Wildman–Crippen MR) is 67.1 cm³/mol. The van der Waals surface area contributed by atoms with Crippen molar-refractivity contribution in [1.29, 1.82) is 0 Å². The molecule has 4 nitrogen and oxygen atoms in total. The van der Waals surface area contributed by atoms with Crippen LogP contribution in [-0.2, 0) is 3.83 Å². The first-order valence-corrected chi connectivity index (χ1v) is 5.95. The number of hydrogen-bond acceptors (Lipinski definition) is 4. The predicted octanol–water partition coefficient (Wildman–Crippen LogP) is 2.49. The van der Waals surface area contributed by atoms with Crippen LogP contribution in [0.1, 0.15) is 20.3 Å². The molecule has 0 aliphatic heterocycles. The quantitative estimate of drug-likeness (QED) is 0.526. The molecule has 3 N–H and O–H groups in total. The third kappa shape index (κ3) is 10.7. The molecule has 0 aromatic carbocycles. The van der Waals surface area contributed by atoms with Crippen molar-refractivity contribution >= 4 is 32.2 Å². The Morgan fingerprint density at radius 2 is 1.93 bits per heavy atom. The minimum atomic E-state index is -0.247. The van der Waals surface area contributed by atoms with Crippen LogP contribution >= 0.6 is 32.2 Å². The lowest BCUT2D eigenvalue weighted by Gasteiger charge is -2.24. The van der Waals surface area contributed by atoms with Gasteiger partial charge < -0.3 is 15.3 Å². The van der Waals surface area contributed by atoms with Gasteiger partial charge in [0.1, 0.15) is 5.01 Å². The molecular weight excluding hydrogens is 332 g/mol. The van der Waals surface area contributed by atoms with E-state index in [0.29, 0.717) is 6.42 Å². The van der Waals surface area contributed by atoms with Crippen LogP contribution in [0.4, 0.5) is 0 Å². The molecule has 0 radical (unpaired) electrons. The van der Waals surface area contributed by atoms with Gasteiger partial charge in [-0.2, -0.15) is 0 Å². The monoisotopic (exact) mass is 348 g/mol. The maximum Gasteiger partial charge on any atom is 0.134 e. The first-order chi connectivity index (χ1) is 6.96. The maximum absolute atomic E-state index is 8.76. The molecule has 15 heavy (non-hydrogen) atoms. The van der Waals surface area contributed by atoms with E-state index in [1.807, 2.05) is 13.8 Å². The molecule has 6 heteroatoms. The first-order valence-electron chi connectivity index (χ1n) is 4.38. The van der Waals surface area contributed by atoms with E-state index in [2.05, 4.69) is 32.2 Å². The van der Waals surface area contributed by atoms with Gasteiger partial charge in [0.25, 0.3) is 0 Å². The van der Waals surface area contributed by atoms with Crippen molar-refractivity contribution in [2.75, 3.05) is 13.2 Å². The number of alkyl halides is 1. The van der Waals surface area contributed by atoms with Gasteiger partial charge in [-0.3, -0.25) is 3.83 Å². The lowest BCUT2D eigenvalue weighted by atomic mass is 9.97. The van der Waals surface area contributed by atoms with E-state index in [0.717, 1.165) is 6.26 Å². The van der Waals surface area contributed by atoms with Crippen LogP contribution in [0.25, 0.3) is 0 Å². The molecule has 92 valence electrons. The Kier molecular flexibility index (Phi) is 12.9. The molecule has 0 saturated heterocycles. The fraction of sp³-hybridized carbons (Fsp3) is 0.778. The van der Waals surface area contributed by atoms with Crippen molar-refractivity contribution in [3.63, 3.8) is 0 Å². The van der Waals surface area contributed by atoms with Crippen LogP contribution in [0.3, 0.4) is 0 Å². The molecule has 0 bridgehead atoms. The average molecular weight is 350 g/mol. The summed E-state index contributed by atoms with van der Waals surface area (Å²) in [6.45, 7) is 3.99. The van der Waals surface area contributed by atoms with Crippen molar-refractivity contribution in [3.05, 3.63) is 12.3 Å². The lowest BCUT2D eigenvalue weighted by Crippen LogP contribution is -2.28. The van der Waals surface area contributed by atoms with Crippen molar-refractivity contribution in [3.8, 4) is 0 Å². The normalized spacial score (nSPS) is 13.5. The van der Waals surface area contributed by atoms with E-state index in [1.54, 1.807) is 0 Å². The molecule has 0 amide bonds. The highest BCUT2D eigenvalue weighted by molar-refractivity contribution is 9.10. The molecule has 0 rings (SSSR count). The Balaban J connectivity index is 0. The van der Waals surface area contributed by atoms with E-state index < -0.39 is 0 Å². The highest BCUT2D eigenvalue weighted by atomic mass is 79.9. The highest BCUT2D eigenvalue weighted by Crippen LogP contribution is 2.28. The second-order valence-electron chi connectivity index (χ2n) is 3.45. The summed E-state index contributed by atoms with van der Waals surface area (Å²) < 4.78 is 4.78. The number of hydrogen-bond donors (Lipinski definition) is 3. The number of halogens is 2. The molecule has 0 fully saturated rings. The zero-order valence-corrected chi connectivity index (χ0v) is 12.0. The van der Waals surface area contributed by atoms with E-state index >= 15 is 0 Å². The molecule has 0 aliphatic carbocycles. The highest BCUT2D eigenvalue weighted by Gasteiger charge is 2.26. The molecule has 0 aromatic heterocycles. The van der Waals surface area contributed by atoms with Crippen LogP contribution < -0.4 is 0 Å². The van der Waals surface area contributed by atoms with Gasteiger partial charge in [0.05, 0.1) is 29.1 Å². The van der Waals surface area contributed by atoms with Gasteiger partial charge in [0.2, 0.25) is 0 Å². The second-order valence-corrected chi connectivity index (χ2v) is 4.65. The summed E-state index contributed by atoms with van der Waals surface area (Å²) in [6, 6.07) is 0. The van der Waals surface area contributed by atoms with Crippen LogP contribution in [0.2, 0.25) is 0 Å².